The summed E-state index contributed by atoms with van der Waals surface area (Å²) >= 11 is 0. The number of nitrogens with zero attached hydrogens (tertiary/aromatic N) is 3. The fraction of sp³-hybridized carbons (Fsp3) is 0.520. The SMILES string of the molecule is COc1ccc(S(=O)(=O)N2CCN(c3cc(S(=O)(=O)N4CCC[C@@H](C)C4)ccc3OC)CC2)cc1OC. The van der Waals surface area contributed by atoms with Crippen molar-refractivity contribution in [3.8, 4) is 17.2 Å². The molecule has 1 atom stereocenters. The highest BCUT2D eigenvalue weighted by atomic mass is 32.2. The first kappa shape index (κ1) is 27.5. The lowest BCUT2D eigenvalue weighted by atomic mass is 10.0. The quantitative estimate of drug-likeness (QED) is 0.491. The zero-order valence-corrected chi connectivity index (χ0v) is 23.3. The Labute approximate surface area is 219 Å². The Balaban J connectivity index is 1.54. The zero-order chi connectivity index (χ0) is 26.8. The van der Waals surface area contributed by atoms with Crippen molar-refractivity contribution in [1.82, 2.24) is 8.61 Å². The minimum absolute atomic E-state index is 0.125. The standard InChI is InChI=1S/C25H35N3O7S2/c1-19-6-5-11-28(18-19)37(31,32)20-7-9-23(33-2)22(16-20)26-12-14-27(15-13-26)36(29,30)21-8-10-24(34-3)25(17-21)35-4/h7-10,16-17,19H,5-6,11-15,18H2,1-4H3/t19-/m1/s1. The molecule has 0 bridgehead atoms. The van der Waals surface area contributed by atoms with Gasteiger partial charge < -0.3 is 19.1 Å². The Morgan fingerprint density at radius 3 is 1.86 bits per heavy atom. The number of benzene rings is 2. The van der Waals surface area contributed by atoms with Crippen LogP contribution >= 0.6 is 0 Å². The van der Waals surface area contributed by atoms with Crippen molar-refractivity contribution in [3.05, 3.63) is 36.4 Å². The number of anilines is 1. The maximum absolute atomic E-state index is 13.4. The third-order valence-electron chi connectivity index (χ3n) is 6.98. The molecule has 2 aliphatic rings. The molecule has 0 radical (unpaired) electrons. The molecular weight excluding hydrogens is 518 g/mol. The Morgan fingerprint density at radius 1 is 0.703 bits per heavy atom. The lowest BCUT2D eigenvalue weighted by molar-refractivity contribution is 0.281. The molecule has 12 heteroatoms. The average Bonchev–Trinajstić information content (AvgIpc) is 2.92. The van der Waals surface area contributed by atoms with Crippen molar-refractivity contribution in [2.75, 3.05) is 65.5 Å². The molecule has 0 spiro atoms. The van der Waals surface area contributed by atoms with Crippen LogP contribution in [0.15, 0.2) is 46.2 Å². The number of piperazine rings is 1. The van der Waals surface area contributed by atoms with Crippen molar-refractivity contribution in [2.45, 2.75) is 29.6 Å². The molecule has 2 heterocycles. The van der Waals surface area contributed by atoms with E-state index in [0.717, 1.165) is 12.8 Å². The van der Waals surface area contributed by atoms with Crippen LogP contribution in [-0.4, -0.2) is 86.0 Å². The van der Waals surface area contributed by atoms with Crippen molar-refractivity contribution >= 4 is 25.7 Å². The van der Waals surface area contributed by atoms with Crippen molar-refractivity contribution < 1.29 is 31.0 Å². The minimum atomic E-state index is -3.75. The molecule has 0 aliphatic carbocycles. The normalized spacial score (nSPS) is 20.0. The molecule has 0 unspecified atom stereocenters. The van der Waals surface area contributed by atoms with E-state index >= 15 is 0 Å². The Morgan fingerprint density at radius 2 is 1.27 bits per heavy atom. The van der Waals surface area contributed by atoms with Gasteiger partial charge in [0, 0.05) is 45.3 Å². The number of rotatable bonds is 8. The van der Waals surface area contributed by atoms with Crippen LogP contribution < -0.4 is 19.1 Å². The van der Waals surface area contributed by atoms with Gasteiger partial charge in [0.1, 0.15) is 5.75 Å². The lowest BCUT2D eigenvalue weighted by Gasteiger charge is -2.36. The first-order valence-corrected chi connectivity index (χ1v) is 15.1. The van der Waals surface area contributed by atoms with Crippen LogP contribution in [0.2, 0.25) is 0 Å². The molecule has 2 saturated heterocycles. The summed E-state index contributed by atoms with van der Waals surface area (Å²) in [6.07, 6.45) is 1.87. The van der Waals surface area contributed by atoms with Gasteiger partial charge in [-0.2, -0.15) is 8.61 Å². The average molecular weight is 554 g/mol. The topological polar surface area (TPSA) is 106 Å². The van der Waals surface area contributed by atoms with Gasteiger partial charge in [0.25, 0.3) is 0 Å². The predicted octanol–water partition coefficient (Wildman–Crippen LogP) is 2.64. The molecule has 0 saturated carbocycles. The van der Waals surface area contributed by atoms with Crippen LogP contribution in [0.1, 0.15) is 19.8 Å². The summed E-state index contributed by atoms with van der Waals surface area (Å²) in [6, 6.07) is 9.42. The summed E-state index contributed by atoms with van der Waals surface area (Å²) in [5, 5.41) is 0. The van der Waals surface area contributed by atoms with Crippen LogP contribution in [0.4, 0.5) is 5.69 Å². The molecule has 0 N–H and O–H groups in total. The van der Waals surface area contributed by atoms with Gasteiger partial charge in [-0.15, -0.1) is 0 Å². The molecule has 2 aromatic rings. The lowest BCUT2D eigenvalue weighted by Crippen LogP contribution is -2.48. The van der Waals surface area contributed by atoms with Gasteiger partial charge >= 0.3 is 0 Å². The monoisotopic (exact) mass is 553 g/mol. The van der Waals surface area contributed by atoms with Gasteiger partial charge in [0.05, 0.1) is 36.8 Å². The van der Waals surface area contributed by atoms with Crippen LogP contribution in [0, 0.1) is 5.92 Å². The summed E-state index contributed by atoms with van der Waals surface area (Å²) < 4.78 is 72.3. The summed E-state index contributed by atoms with van der Waals surface area (Å²) in [7, 11) is -2.91. The van der Waals surface area contributed by atoms with Gasteiger partial charge in [-0.3, -0.25) is 0 Å². The fourth-order valence-electron chi connectivity index (χ4n) is 4.89. The van der Waals surface area contributed by atoms with Gasteiger partial charge in [-0.05, 0) is 49.1 Å². The second-order valence-electron chi connectivity index (χ2n) is 9.35. The molecular formula is C25H35N3O7S2. The summed E-state index contributed by atoms with van der Waals surface area (Å²) in [5.41, 5.74) is 0.636. The highest BCUT2D eigenvalue weighted by molar-refractivity contribution is 7.89. The summed E-state index contributed by atoms with van der Waals surface area (Å²) in [6.45, 7) is 4.33. The number of piperidine rings is 1. The maximum atomic E-state index is 13.4. The molecule has 2 fully saturated rings. The molecule has 2 aliphatic heterocycles. The second-order valence-corrected chi connectivity index (χ2v) is 13.2. The predicted molar refractivity (Wildman–Crippen MR) is 141 cm³/mol. The molecule has 10 nitrogen and oxygen atoms in total. The summed E-state index contributed by atoms with van der Waals surface area (Å²) in [4.78, 5) is 2.31. The Hall–Kier alpha value is -2.54. The van der Waals surface area contributed by atoms with Crippen LogP contribution in [-0.2, 0) is 20.0 Å². The minimum Gasteiger partial charge on any atom is -0.495 e. The number of hydrogen-bond acceptors (Lipinski definition) is 8. The number of methoxy groups -OCH3 is 3. The molecule has 0 amide bonds. The van der Waals surface area contributed by atoms with Gasteiger partial charge in [-0.1, -0.05) is 6.92 Å². The number of ether oxygens (including phenoxy) is 3. The first-order valence-electron chi connectivity index (χ1n) is 12.3. The largest absolute Gasteiger partial charge is 0.495 e. The zero-order valence-electron chi connectivity index (χ0n) is 21.7. The van der Waals surface area contributed by atoms with E-state index < -0.39 is 20.0 Å². The van der Waals surface area contributed by atoms with E-state index in [9.17, 15) is 16.8 Å². The molecule has 0 aromatic heterocycles. The highest BCUT2D eigenvalue weighted by Crippen LogP contribution is 2.35. The van der Waals surface area contributed by atoms with Crippen LogP contribution in [0.5, 0.6) is 17.2 Å². The number of hydrogen-bond donors (Lipinski definition) is 0. The maximum Gasteiger partial charge on any atom is 0.243 e. The molecule has 4 rings (SSSR count). The molecule has 204 valence electrons. The second kappa shape index (κ2) is 11.1. The van der Waals surface area contributed by atoms with E-state index in [2.05, 4.69) is 6.92 Å². The van der Waals surface area contributed by atoms with Gasteiger partial charge in [0.2, 0.25) is 20.0 Å². The van der Waals surface area contributed by atoms with E-state index in [-0.39, 0.29) is 22.9 Å². The fourth-order valence-corrected chi connectivity index (χ4v) is 7.94. The van der Waals surface area contributed by atoms with Crippen molar-refractivity contribution in [3.63, 3.8) is 0 Å². The number of sulfonamides is 2. The van der Waals surface area contributed by atoms with Gasteiger partial charge in [-0.25, -0.2) is 16.8 Å². The third-order valence-corrected chi connectivity index (χ3v) is 10.7. The van der Waals surface area contributed by atoms with Crippen LogP contribution in [0.25, 0.3) is 0 Å². The van der Waals surface area contributed by atoms with Crippen molar-refractivity contribution in [2.24, 2.45) is 5.92 Å². The third kappa shape index (κ3) is 5.52. The first-order chi connectivity index (χ1) is 17.6. The molecule has 37 heavy (non-hydrogen) atoms. The summed E-state index contributed by atoms with van der Waals surface area (Å²) in [5.74, 6) is 1.66. The van der Waals surface area contributed by atoms with E-state index in [1.54, 1.807) is 28.6 Å². The smallest absolute Gasteiger partial charge is 0.243 e. The van der Waals surface area contributed by atoms with E-state index in [1.165, 1.54) is 37.8 Å². The van der Waals surface area contributed by atoms with Crippen LogP contribution in [0.3, 0.4) is 0 Å². The van der Waals surface area contributed by atoms with Gasteiger partial charge in [0.15, 0.2) is 11.5 Å². The Kier molecular flexibility index (Phi) is 8.22. The van der Waals surface area contributed by atoms with E-state index in [1.807, 2.05) is 4.90 Å². The highest BCUT2D eigenvalue weighted by Gasteiger charge is 2.32. The van der Waals surface area contributed by atoms with Crippen molar-refractivity contribution in [1.29, 1.82) is 0 Å². The van der Waals surface area contributed by atoms with E-state index in [4.69, 9.17) is 14.2 Å². The Bertz CT molecular complexity index is 1320. The van der Waals surface area contributed by atoms with E-state index in [0.29, 0.717) is 55.0 Å². The molecule has 2 aromatic carbocycles.